The number of fused-ring (bicyclic) bond motifs is 3. The number of hydrogen-bond donors (Lipinski definition) is 2. The van der Waals surface area contributed by atoms with Crippen molar-refractivity contribution in [3.05, 3.63) is 35.4 Å². The molecule has 17 heavy (non-hydrogen) atoms. The van der Waals surface area contributed by atoms with Gasteiger partial charge in [-0.3, -0.25) is 4.84 Å². The molecule has 3 rings (SSSR count). The lowest BCUT2D eigenvalue weighted by Gasteiger charge is -2.13. The molecule has 1 saturated carbocycles. The van der Waals surface area contributed by atoms with Crippen LogP contribution in [-0.2, 0) is 11.3 Å². The minimum absolute atomic E-state index is 0.246. The van der Waals surface area contributed by atoms with Crippen LogP contribution in [-0.4, -0.2) is 19.2 Å². The first-order valence-corrected chi connectivity index (χ1v) is 5.98. The highest BCUT2D eigenvalue weighted by Crippen LogP contribution is 2.54. The predicted molar refractivity (Wildman–Crippen MR) is 63.5 cm³/mol. The van der Waals surface area contributed by atoms with Crippen LogP contribution in [0.5, 0.6) is 0 Å². The maximum atomic E-state index is 11.4. The molecule has 2 aliphatic rings. The second kappa shape index (κ2) is 4.04. The van der Waals surface area contributed by atoms with Crippen LogP contribution in [0.25, 0.3) is 0 Å². The molecule has 0 spiro atoms. The Bertz CT molecular complexity index is 447. The van der Waals surface area contributed by atoms with Gasteiger partial charge in [-0.15, -0.1) is 0 Å². The highest BCUT2D eigenvalue weighted by atomic mass is 16.6. The molecule has 4 nitrogen and oxygen atoms in total. The third kappa shape index (κ3) is 1.78. The zero-order chi connectivity index (χ0) is 11.8. The Hall–Kier alpha value is -1.55. The first-order valence-electron chi connectivity index (χ1n) is 5.98. The number of amides is 2. The number of hydroxylamine groups is 1. The number of hydrogen-bond acceptors (Lipinski definition) is 2. The first kappa shape index (κ1) is 10.6. The number of carbonyl (C=O) groups is 1. The highest BCUT2D eigenvalue weighted by Gasteiger charge is 2.53. The van der Waals surface area contributed by atoms with E-state index in [0.29, 0.717) is 11.8 Å². The first-order chi connectivity index (χ1) is 8.31. The van der Waals surface area contributed by atoms with Crippen LogP contribution in [0.15, 0.2) is 24.3 Å². The molecular formula is C13H16N2O2. The molecule has 1 fully saturated rings. The number of benzene rings is 1. The molecule has 0 bridgehead atoms. The van der Waals surface area contributed by atoms with Crippen molar-refractivity contribution in [3.63, 3.8) is 0 Å². The van der Waals surface area contributed by atoms with Crippen molar-refractivity contribution in [2.24, 2.45) is 5.92 Å². The van der Waals surface area contributed by atoms with E-state index in [4.69, 9.17) is 0 Å². The lowest BCUT2D eigenvalue weighted by molar-refractivity contribution is 0.107. The van der Waals surface area contributed by atoms with Crippen LogP contribution < -0.4 is 10.8 Å². The Balaban J connectivity index is 1.72. The lowest BCUT2D eigenvalue weighted by Crippen LogP contribution is -2.37. The van der Waals surface area contributed by atoms with Crippen LogP contribution in [0, 0.1) is 5.92 Å². The van der Waals surface area contributed by atoms with Gasteiger partial charge in [0.1, 0.15) is 0 Å². The molecular weight excluding hydrogens is 216 g/mol. The molecule has 0 aromatic heterocycles. The van der Waals surface area contributed by atoms with E-state index in [0.717, 1.165) is 6.42 Å². The maximum absolute atomic E-state index is 11.4. The predicted octanol–water partition coefficient (Wildman–Crippen LogP) is 1.58. The normalized spacial score (nSPS) is 28.9. The minimum Gasteiger partial charge on any atom is -0.333 e. The van der Waals surface area contributed by atoms with Crippen LogP contribution in [0.4, 0.5) is 4.79 Å². The van der Waals surface area contributed by atoms with Gasteiger partial charge >= 0.3 is 6.03 Å². The molecule has 4 heteroatoms. The van der Waals surface area contributed by atoms with Gasteiger partial charge in [0.05, 0.1) is 7.11 Å². The van der Waals surface area contributed by atoms with Crippen molar-refractivity contribution in [2.45, 2.75) is 24.8 Å². The average Bonchev–Trinajstić information content (AvgIpc) is 3.03. The van der Waals surface area contributed by atoms with Gasteiger partial charge in [-0.1, -0.05) is 24.3 Å². The maximum Gasteiger partial charge on any atom is 0.338 e. The number of nitrogens with one attached hydrogen (secondary N) is 2. The van der Waals surface area contributed by atoms with Crippen LogP contribution >= 0.6 is 0 Å². The van der Waals surface area contributed by atoms with E-state index in [1.165, 1.54) is 24.7 Å². The van der Waals surface area contributed by atoms with Gasteiger partial charge < -0.3 is 5.32 Å². The summed E-state index contributed by atoms with van der Waals surface area (Å²) in [5.41, 5.74) is 5.14. The number of rotatable bonds is 2. The molecule has 0 saturated heterocycles. The van der Waals surface area contributed by atoms with Crippen molar-refractivity contribution < 1.29 is 9.63 Å². The molecule has 0 radical (unpaired) electrons. The van der Waals surface area contributed by atoms with Gasteiger partial charge in [-0.05, 0) is 29.9 Å². The average molecular weight is 232 g/mol. The Labute approximate surface area is 100 Å². The van der Waals surface area contributed by atoms with Gasteiger partial charge in [0, 0.05) is 12.0 Å². The van der Waals surface area contributed by atoms with E-state index in [9.17, 15) is 4.79 Å². The van der Waals surface area contributed by atoms with E-state index in [2.05, 4.69) is 39.9 Å². The fourth-order valence-electron chi connectivity index (χ4n) is 3.04. The number of urea groups is 1. The Morgan fingerprint density at radius 1 is 1.41 bits per heavy atom. The third-order valence-electron chi connectivity index (χ3n) is 3.82. The Morgan fingerprint density at radius 3 is 3.06 bits per heavy atom. The van der Waals surface area contributed by atoms with Crippen molar-refractivity contribution in [3.8, 4) is 0 Å². The fraction of sp³-hybridized carbons (Fsp3) is 0.462. The second-order valence-corrected chi connectivity index (χ2v) is 4.73. The quantitative estimate of drug-likeness (QED) is 0.760. The highest BCUT2D eigenvalue weighted by molar-refractivity contribution is 5.74. The fourth-order valence-corrected chi connectivity index (χ4v) is 3.04. The monoisotopic (exact) mass is 232 g/mol. The van der Waals surface area contributed by atoms with E-state index in [1.807, 2.05) is 0 Å². The van der Waals surface area contributed by atoms with Crippen LogP contribution in [0.2, 0.25) is 0 Å². The molecule has 3 atom stereocenters. The van der Waals surface area contributed by atoms with Gasteiger partial charge in [0.15, 0.2) is 0 Å². The van der Waals surface area contributed by atoms with E-state index in [-0.39, 0.29) is 12.1 Å². The SMILES string of the molecule is CONC(=O)N[C@@H]1[C@@H]2CCc3ccccc3[C@H]21. The van der Waals surface area contributed by atoms with Crippen LogP contribution in [0.3, 0.4) is 0 Å². The summed E-state index contributed by atoms with van der Waals surface area (Å²) < 4.78 is 0. The second-order valence-electron chi connectivity index (χ2n) is 4.73. The smallest absolute Gasteiger partial charge is 0.333 e. The molecule has 2 N–H and O–H groups in total. The summed E-state index contributed by atoms with van der Waals surface area (Å²) in [5.74, 6) is 1.11. The zero-order valence-electron chi connectivity index (χ0n) is 9.77. The molecule has 0 aliphatic heterocycles. The molecule has 2 amide bonds. The summed E-state index contributed by atoms with van der Waals surface area (Å²) in [6.07, 6.45) is 2.29. The topological polar surface area (TPSA) is 50.4 Å². The van der Waals surface area contributed by atoms with Gasteiger partial charge in [-0.25, -0.2) is 10.3 Å². The molecule has 1 aromatic rings. The standard InChI is InChI=1S/C13H16N2O2/c1-17-15-13(16)14-12-10-7-6-8-4-2-3-5-9(8)11(10)12/h2-5,10-12H,6-7H2,1H3,(H2,14,15,16)/t10-,11-,12-/m1/s1. The van der Waals surface area contributed by atoms with Gasteiger partial charge in [0.25, 0.3) is 0 Å². The van der Waals surface area contributed by atoms with Crippen molar-refractivity contribution in [1.29, 1.82) is 0 Å². The minimum atomic E-state index is -0.246. The van der Waals surface area contributed by atoms with E-state index < -0.39 is 0 Å². The molecule has 0 heterocycles. The largest absolute Gasteiger partial charge is 0.338 e. The summed E-state index contributed by atoms with van der Waals surface area (Å²) in [6, 6.07) is 8.56. The zero-order valence-corrected chi connectivity index (χ0v) is 9.77. The summed E-state index contributed by atoms with van der Waals surface area (Å²) >= 11 is 0. The van der Waals surface area contributed by atoms with Crippen molar-refractivity contribution >= 4 is 6.03 Å². The van der Waals surface area contributed by atoms with Crippen molar-refractivity contribution in [2.75, 3.05) is 7.11 Å². The molecule has 2 aliphatic carbocycles. The Kier molecular flexibility index (Phi) is 2.52. The van der Waals surface area contributed by atoms with Crippen molar-refractivity contribution in [1.82, 2.24) is 10.8 Å². The Morgan fingerprint density at radius 2 is 2.24 bits per heavy atom. The van der Waals surface area contributed by atoms with Gasteiger partial charge in [-0.2, -0.15) is 0 Å². The molecule has 1 aromatic carbocycles. The summed E-state index contributed by atoms with van der Waals surface area (Å²) in [7, 11) is 1.44. The molecule has 90 valence electrons. The summed E-state index contributed by atoms with van der Waals surface area (Å²) in [6.45, 7) is 0. The third-order valence-corrected chi connectivity index (χ3v) is 3.82. The summed E-state index contributed by atoms with van der Waals surface area (Å²) in [5, 5.41) is 2.96. The van der Waals surface area contributed by atoms with Crippen LogP contribution in [0.1, 0.15) is 23.5 Å². The number of carbonyl (C=O) groups excluding carboxylic acids is 1. The molecule has 0 unspecified atom stereocenters. The summed E-state index contributed by atoms with van der Waals surface area (Å²) in [4.78, 5) is 16.0. The number of aryl methyl sites for hydroxylation is 1. The van der Waals surface area contributed by atoms with E-state index >= 15 is 0 Å². The van der Waals surface area contributed by atoms with Gasteiger partial charge in [0.2, 0.25) is 0 Å². The van der Waals surface area contributed by atoms with E-state index in [1.54, 1.807) is 0 Å². The lowest BCUT2D eigenvalue weighted by atomic mass is 9.92.